The van der Waals surface area contributed by atoms with Crippen LogP contribution in [0.4, 0.5) is 4.79 Å². The zero-order valence-electron chi connectivity index (χ0n) is 22.1. The van der Waals surface area contributed by atoms with Gasteiger partial charge in [0.2, 0.25) is 0 Å². The van der Waals surface area contributed by atoms with Gasteiger partial charge in [-0.3, -0.25) is 0 Å². The van der Waals surface area contributed by atoms with E-state index in [1.165, 1.54) is 10.9 Å². The van der Waals surface area contributed by atoms with Crippen molar-refractivity contribution in [2.45, 2.75) is 110 Å². The zero-order chi connectivity index (χ0) is 24.7. The van der Waals surface area contributed by atoms with Crippen LogP contribution in [-0.2, 0) is 4.74 Å². The first-order chi connectivity index (χ1) is 15.3. The second kappa shape index (κ2) is 9.45. The Kier molecular flexibility index (Phi) is 7.40. The van der Waals surface area contributed by atoms with Gasteiger partial charge in [0, 0.05) is 12.1 Å². The molecule has 2 aromatic rings. The lowest BCUT2D eigenvalue weighted by Crippen LogP contribution is -2.51. The van der Waals surface area contributed by atoms with Gasteiger partial charge in [0.15, 0.2) is 8.24 Å². The lowest BCUT2D eigenvalue weighted by Gasteiger charge is -2.44. The molecule has 5 nitrogen and oxygen atoms in total. The molecule has 1 aliphatic rings. The Hall–Kier alpha value is -1.79. The van der Waals surface area contributed by atoms with Gasteiger partial charge < -0.3 is 19.0 Å². The van der Waals surface area contributed by atoms with Crippen LogP contribution in [0.1, 0.15) is 86.8 Å². The highest BCUT2D eigenvalue weighted by Crippen LogP contribution is 2.44. The third-order valence-corrected chi connectivity index (χ3v) is 14.3. The summed E-state index contributed by atoms with van der Waals surface area (Å²) in [5.41, 5.74) is 3.28. The fraction of sp³-hybridized carbons (Fsp3) is 0.667. The Bertz CT molecular complexity index is 952. The lowest BCUT2D eigenvalue weighted by molar-refractivity contribution is 0.00492. The van der Waals surface area contributed by atoms with Gasteiger partial charge >= 0.3 is 6.09 Å². The Morgan fingerprint density at radius 3 is 2.21 bits per heavy atom. The number of amides is 1. The minimum atomic E-state index is -1.91. The van der Waals surface area contributed by atoms with E-state index in [1.54, 1.807) is 4.90 Å². The van der Waals surface area contributed by atoms with Crippen molar-refractivity contribution in [2.75, 3.05) is 6.54 Å². The molecule has 0 aliphatic carbocycles. The summed E-state index contributed by atoms with van der Waals surface area (Å²) in [6.45, 7) is 20.5. The quantitative estimate of drug-likeness (QED) is 0.456. The number of hydrogen-bond donors (Lipinski definition) is 1. The van der Waals surface area contributed by atoms with Gasteiger partial charge in [0.25, 0.3) is 0 Å². The van der Waals surface area contributed by atoms with Crippen LogP contribution in [0.2, 0.25) is 16.6 Å². The molecule has 1 aliphatic heterocycles. The van der Waals surface area contributed by atoms with Gasteiger partial charge in [-0.15, -0.1) is 0 Å². The van der Waals surface area contributed by atoms with E-state index >= 15 is 0 Å². The lowest BCUT2D eigenvalue weighted by atomic mass is 9.99. The van der Waals surface area contributed by atoms with Crippen LogP contribution in [0.15, 0.2) is 30.5 Å². The monoisotopic (exact) mass is 472 g/mol. The highest BCUT2D eigenvalue weighted by atomic mass is 28.3. The van der Waals surface area contributed by atoms with Crippen molar-refractivity contribution in [1.82, 2.24) is 9.13 Å². The molecule has 2 unspecified atom stereocenters. The maximum atomic E-state index is 12.8. The third-order valence-electron chi connectivity index (χ3n) is 7.54. The second-order valence-corrected chi connectivity index (χ2v) is 17.4. The maximum Gasteiger partial charge on any atom is 0.410 e. The molecule has 0 saturated carbocycles. The maximum absolute atomic E-state index is 12.8. The summed E-state index contributed by atoms with van der Waals surface area (Å²) in [6.07, 6.45) is 2.86. The van der Waals surface area contributed by atoms with Crippen LogP contribution in [0, 0.1) is 0 Å². The average Bonchev–Trinajstić information content (AvgIpc) is 3.33. The Morgan fingerprint density at radius 2 is 1.67 bits per heavy atom. The number of aliphatic hydroxyl groups is 1. The van der Waals surface area contributed by atoms with E-state index in [9.17, 15) is 9.90 Å². The van der Waals surface area contributed by atoms with E-state index in [1.807, 2.05) is 26.8 Å². The molecule has 2 atom stereocenters. The number of benzene rings is 1. The number of ether oxygens (including phenoxy) is 1. The van der Waals surface area contributed by atoms with Gasteiger partial charge in [0.05, 0.1) is 12.1 Å². The number of fused-ring (bicyclic) bond motifs is 1. The summed E-state index contributed by atoms with van der Waals surface area (Å²) in [7, 11) is -1.91. The summed E-state index contributed by atoms with van der Waals surface area (Å²) in [5, 5.41) is 12.6. The SMILES string of the molecule is CC(C)[Si](C(C)C)(C(C)C)n1ccc2ccc(C(O)C3CCCN3C(=O)OC(C)(C)C)cc21. The molecule has 1 aromatic carbocycles. The van der Waals surface area contributed by atoms with Crippen molar-refractivity contribution in [2.24, 2.45) is 0 Å². The fourth-order valence-corrected chi connectivity index (χ4v) is 13.0. The molecular weight excluding hydrogens is 428 g/mol. The molecule has 6 heteroatoms. The van der Waals surface area contributed by atoms with Crippen molar-refractivity contribution in [1.29, 1.82) is 0 Å². The molecule has 33 heavy (non-hydrogen) atoms. The highest BCUT2D eigenvalue weighted by molar-refractivity contribution is 6.82. The van der Waals surface area contributed by atoms with Crippen molar-refractivity contribution in [3.63, 3.8) is 0 Å². The predicted octanol–water partition coefficient (Wildman–Crippen LogP) is 7.10. The normalized spacial score (nSPS) is 18.7. The molecule has 1 amide bonds. The van der Waals surface area contributed by atoms with Crippen molar-refractivity contribution < 1.29 is 14.6 Å². The van der Waals surface area contributed by atoms with Gasteiger partial charge in [-0.05, 0) is 79.5 Å². The minimum absolute atomic E-state index is 0.261. The van der Waals surface area contributed by atoms with Crippen LogP contribution in [0.5, 0.6) is 0 Å². The molecule has 0 radical (unpaired) electrons. The molecule has 1 saturated heterocycles. The van der Waals surface area contributed by atoms with Crippen LogP contribution in [-0.4, -0.2) is 46.8 Å². The molecule has 3 rings (SSSR count). The number of rotatable bonds is 6. The van der Waals surface area contributed by atoms with E-state index in [0.29, 0.717) is 23.2 Å². The number of carbonyl (C=O) groups is 1. The van der Waals surface area contributed by atoms with Gasteiger partial charge in [-0.2, -0.15) is 0 Å². The van der Waals surface area contributed by atoms with Crippen LogP contribution in [0.3, 0.4) is 0 Å². The molecule has 2 heterocycles. The van der Waals surface area contributed by atoms with Crippen LogP contribution < -0.4 is 0 Å². The van der Waals surface area contributed by atoms with Gasteiger partial charge in [-0.1, -0.05) is 53.7 Å². The van der Waals surface area contributed by atoms with Crippen molar-refractivity contribution in [3.8, 4) is 0 Å². The van der Waals surface area contributed by atoms with Gasteiger partial charge in [-0.25, -0.2) is 4.79 Å². The number of carbonyl (C=O) groups excluding carboxylic acids is 1. The first-order valence-corrected chi connectivity index (χ1v) is 14.8. The smallest absolute Gasteiger partial charge is 0.410 e. The summed E-state index contributed by atoms with van der Waals surface area (Å²) in [4.78, 5) is 14.5. The van der Waals surface area contributed by atoms with E-state index in [2.05, 4.69) is 70.2 Å². The number of nitrogens with zero attached hydrogens (tertiary/aromatic N) is 2. The first-order valence-electron chi connectivity index (χ1n) is 12.6. The summed E-state index contributed by atoms with van der Waals surface area (Å²) in [6, 6.07) is 8.26. The number of hydrogen-bond acceptors (Lipinski definition) is 3. The molecule has 0 bridgehead atoms. The number of aromatic nitrogens is 1. The molecule has 1 aromatic heterocycles. The van der Waals surface area contributed by atoms with Crippen molar-refractivity contribution >= 4 is 25.2 Å². The number of likely N-dealkylation sites (tertiary alicyclic amines) is 1. The molecule has 1 N–H and O–H groups in total. The Labute approximate surface area is 201 Å². The standard InChI is InChI=1S/C27H44N2O3Si/c1-18(2)33(19(3)4,20(5)6)29-16-14-21-12-13-22(17-24(21)29)25(30)23-11-10-15-28(23)26(31)32-27(7,8)9/h12-14,16-20,23,25,30H,10-11,15H2,1-9H3. The highest BCUT2D eigenvalue weighted by Gasteiger charge is 2.45. The first kappa shape index (κ1) is 25.8. The molecule has 0 spiro atoms. The topological polar surface area (TPSA) is 54.7 Å². The molecular formula is C27H44N2O3Si. The van der Waals surface area contributed by atoms with E-state index in [-0.39, 0.29) is 12.1 Å². The zero-order valence-corrected chi connectivity index (χ0v) is 23.1. The molecule has 1 fully saturated rings. The summed E-state index contributed by atoms with van der Waals surface area (Å²) < 4.78 is 8.20. The average molecular weight is 473 g/mol. The summed E-state index contributed by atoms with van der Waals surface area (Å²) in [5.74, 6) is 0. The molecule has 184 valence electrons. The minimum Gasteiger partial charge on any atom is -0.444 e. The largest absolute Gasteiger partial charge is 0.444 e. The van der Waals surface area contributed by atoms with E-state index < -0.39 is 19.9 Å². The fourth-order valence-electron chi connectivity index (χ4n) is 6.39. The second-order valence-electron chi connectivity index (χ2n) is 11.7. The van der Waals surface area contributed by atoms with E-state index in [0.717, 1.165) is 18.4 Å². The van der Waals surface area contributed by atoms with Crippen LogP contribution in [0.25, 0.3) is 10.9 Å². The number of aliphatic hydroxyl groups excluding tert-OH is 1. The Morgan fingerprint density at radius 1 is 1.06 bits per heavy atom. The van der Waals surface area contributed by atoms with E-state index in [4.69, 9.17) is 4.74 Å². The third kappa shape index (κ3) is 4.74. The Balaban J connectivity index is 2.01. The van der Waals surface area contributed by atoms with Crippen molar-refractivity contribution in [3.05, 3.63) is 36.0 Å². The van der Waals surface area contributed by atoms with Crippen LogP contribution >= 0.6 is 0 Å². The van der Waals surface area contributed by atoms with Gasteiger partial charge in [0.1, 0.15) is 5.60 Å². The predicted molar refractivity (Wildman–Crippen MR) is 139 cm³/mol. The summed E-state index contributed by atoms with van der Waals surface area (Å²) >= 11 is 0.